The van der Waals surface area contributed by atoms with Crippen LogP contribution in [0.25, 0.3) is 0 Å². The Morgan fingerprint density at radius 2 is 2.54 bits per heavy atom. The van der Waals surface area contributed by atoms with Crippen LogP contribution in [-0.2, 0) is 4.74 Å². The number of nitrogens with zero attached hydrogens (tertiary/aromatic N) is 1. The molecule has 0 radical (unpaired) electrons. The smallest absolute Gasteiger partial charge is 0.409 e. The summed E-state index contributed by atoms with van der Waals surface area (Å²) in [5.74, 6) is -0.0633. The van der Waals surface area contributed by atoms with Gasteiger partial charge in [-0.3, -0.25) is 0 Å². The van der Waals surface area contributed by atoms with Gasteiger partial charge in [0.2, 0.25) is 0 Å². The van der Waals surface area contributed by atoms with Crippen molar-refractivity contribution in [3.63, 3.8) is 0 Å². The molecule has 1 N–H and O–H groups in total. The highest BCUT2D eigenvalue weighted by Gasteiger charge is 2.51. The molecule has 0 saturated carbocycles. The van der Waals surface area contributed by atoms with Gasteiger partial charge >= 0.3 is 6.09 Å². The summed E-state index contributed by atoms with van der Waals surface area (Å²) in [6.07, 6.45) is -0.425. The number of alkyl halides is 1. The molecule has 0 aromatic rings. The van der Waals surface area contributed by atoms with Crippen LogP contribution >= 0.6 is 0 Å². The molecule has 2 heterocycles. The summed E-state index contributed by atoms with van der Waals surface area (Å²) in [6, 6.07) is 0. The Labute approximate surface area is 76.0 Å². The second-order valence-electron chi connectivity index (χ2n) is 3.71. The minimum Gasteiger partial charge on any atom is -0.453 e. The standard InChI is InChI=1S/C8H13FN2O2/c1-13-7(12)11-3-6-2-10-4-8(6,9)5-11/h6,10H,2-5H2,1H3. The maximum atomic E-state index is 13.9. The Hall–Kier alpha value is -0.840. The first-order valence-corrected chi connectivity index (χ1v) is 4.38. The highest BCUT2D eigenvalue weighted by atomic mass is 19.1. The van der Waals surface area contributed by atoms with Crippen LogP contribution in [0.15, 0.2) is 0 Å². The normalized spacial score (nSPS) is 37.7. The molecule has 0 bridgehead atoms. The van der Waals surface area contributed by atoms with E-state index in [1.165, 1.54) is 12.0 Å². The number of carbonyl (C=O) groups is 1. The number of hydrogen-bond acceptors (Lipinski definition) is 3. The Kier molecular flexibility index (Phi) is 1.91. The van der Waals surface area contributed by atoms with E-state index in [2.05, 4.69) is 10.1 Å². The van der Waals surface area contributed by atoms with Gasteiger partial charge in [-0.05, 0) is 0 Å². The number of ether oxygens (including phenoxy) is 1. The van der Waals surface area contributed by atoms with Crippen LogP contribution in [0.5, 0.6) is 0 Å². The fraction of sp³-hybridized carbons (Fsp3) is 0.875. The number of nitrogens with one attached hydrogen (secondary N) is 1. The van der Waals surface area contributed by atoms with E-state index in [4.69, 9.17) is 0 Å². The monoisotopic (exact) mass is 188 g/mol. The van der Waals surface area contributed by atoms with Crippen molar-refractivity contribution in [2.45, 2.75) is 5.67 Å². The van der Waals surface area contributed by atoms with Gasteiger partial charge in [0.05, 0.1) is 13.7 Å². The Morgan fingerprint density at radius 3 is 3.15 bits per heavy atom. The molecule has 0 aromatic heterocycles. The van der Waals surface area contributed by atoms with Gasteiger partial charge in [-0.15, -0.1) is 0 Å². The van der Waals surface area contributed by atoms with Crippen LogP contribution in [0.3, 0.4) is 0 Å². The second-order valence-corrected chi connectivity index (χ2v) is 3.71. The van der Waals surface area contributed by atoms with E-state index in [9.17, 15) is 9.18 Å². The highest BCUT2D eigenvalue weighted by molar-refractivity contribution is 5.68. The molecule has 4 nitrogen and oxygen atoms in total. The molecule has 2 aliphatic heterocycles. The molecule has 0 aliphatic carbocycles. The van der Waals surface area contributed by atoms with Crippen molar-refractivity contribution in [2.24, 2.45) is 5.92 Å². The van der Waals surface area contributed by atoms with Crippen molar-refractivity contribution in [1.29, 1.82) is 0 Å². The quantitative estimate of drug-likeness (QED) is 0.581. The van der Waals surface area contributed by atoms with Crippen LogP contribution in [0.4, 0.5) is 9.18 Å². The first-order chi connectivity index (χ1) is 6.15. The predicted octanol–water partition coefficient (Wildman–Crippen LogP) is -0.00390. The topological polar surface area (TPSA) is 41.6 Å². The molecule has 0 aromatic carbocycles. The van der Waals surface area contributed by atoms with Crippen molar-refractivity contribution >= 4 is 6.09 Å². The highest BCUT2D eigenvalue weighted by Crippen LogP contribution is 2.34. The number of carbonyl (C=O) groups excluding carboxylic acids is 1. The number of amides is 1. The summed E-state index contributed by atoms with van der Waals surface area (Å²) < 4.78 is 18.5. The van der Waals surface area contributed by atoms with Crippen molar-refractivity contribution in [3.05, 3.63) is 0 Å². The Bertz CT molecular complexity index is 236. The van der Waals surface area contributed by atoms with E-state index in [1.807, 2.05) is 0 Å². The van der Waals surface area contributed by atoms with Gasteiger partial charge in [-0.2, -0.15) is 0 Å². The lowest BCUT2D eigenvalue weighted by molar-refractivity contribution is 0.119. The lowest BCUT2D eigenvalue weighted by atomic mass is 9.97. The largest absolute Gasteiger partial charge is 0.453 e. The predicted molar refractivity (Wildman–Crippen MR) is 44.2 cm³/mol. The van der Waals surface area contributed by atoms with Crippen LogP contribution in [0.2, 0.25) is 0 Å². The van der Waals surface area contributed by atoms with E-state index in [1.54, 1.807) is 0 Å². The van der Waals surface area contributed by atoms with Gasteiger partial charge in [0.15, 0.2) is 0 Å². The molecule has 2 atom stereocenters. The lowest BCUT2D eigenvalue weighted by Crippen LogP contribution is -2.37. The molecular formula is C8H13FN2O2. The van der Waals surface area contributed by atoms with Crippen molar-refractivity contribution in [3.8, 4) is 0 Å². The van der Waals surface area contributed by atoms with Crippen molar-refractivity contribution in [1.82, 2.24) is 10.2 Å². The average Bonchev–Trinajstić information content (AvgIpc) is 2.57. The molecule has 13 heavy (non-hydrogen) atoms. The SMILES string of the molecule is COC(=O)N1CC2CNCC2(F)C1. The number of halogens is 1. The van der Waals surface area contributed by atoms with Gasteiger partial charge in [0.1, 0.15) is 5.67 Å². The molecule has 5 heteroatoms. The Balaban J connectivity index is 2.05. The van der Waals surface area contributed by atoms with Gasteiger partial charge in [0.25, 0.3) is 0 Å². The van der Waals surface area contributed by atoms with Crippen LogP contribution in [-0.4, -0.2) is 50.0 Å². The van der Waals surface area contributed by atoms with Crippen LogP contribution < -0.4 is 5.32 Å². The molecule has 2 saturated heterocycles. The van der Waals surface area contributed by atoms with Crippen LogP contribution in [0, 0.1) is 5.92 Å². The molecule has 2 aliphatic rings. The summed E-state index contributed by atoms with van der Waals surface area (Å²) in [6.45, 7) is 1.64. The zero-order valence-electron chi connectivity index (χ0n) is 7.55. The molecule has 74 valence electrons. The van der Waals surface area contributed by atoms with E-state index in [0.717, 1.165) is 0 Å². The fourth-order valence-electron chi connectivity index (χ4n) is 2.11. The molecule has 1 amide bonds. The molecular weight excluding hydrogens is 175 g/mol. The summed E-state index contributed by atoms with van der Waals surface area (Å²) in [4.78, 5) is 12.5. The molecule has 2 unspecified atom stereocenters. The lowest BCUT2D eigenvalue weighted by Gasteiger charge is -2.17. The summed E-state index contributed by atoms with van der Waals surface area (Å²) in [5, 5.41) is 2.99. The number of methoxy groups -OCH3 is 1. The third-order valence-corrected chi connectivity index (χ3v) is 2.87. The number of likely N-dealkylation sites (tertiary alicyclic amines) is 1. The van der Waals surface area contributed by atoms with Gasteiger partial charge < -0.3 is 15.0 Å². The van der Waals surface area contributed by atoms with E-state index >= 15 is 0 Å². The molecule has 2 rings (SSSR count). The van der Waals surface area contributed by atoms with E-state index in [-0.39, 0.29) is 12.5 Å². The first-order valence-electron chi connectivity index (χ1n) is 4.38. The maximum Gasteiger partial charge on any atom is 0.409 e. The van der Waals surface area contributed by atoms with E-state index < -0.39 is 11.8 Å². The van der Waals surface area contributed by atoms with E-state index in [0.29, 0.717) is 19.6 Å². The minimum absolute atomic E-state index is 0.0633. The summed E-state index contributed by atoms with van der Waals surface area (Å²) in [7, 11) is 1.32. The third kappa shape index (κ3) is 1.27. The first kappa shape index (κ1) is 8.74. The van der Waals surface area contributed by atoms with Gasteiger partial charge in [0, 0.05) is 25.6 Å². The fourth-order valence-corrected chi connectivity index (χ4v) is 2.11. The van der Waals surface area contributed by atoms with Gasteiger partial charge in [-0.25, -0.2) is 9.18 Å². The van der Waals surface area contributed by atoms with Crippen molar-refractivity contribution < 1.29 is 13.9 Å². The zero-order chi connectivity index (χ0) is 9.47. The summed E-state index contributed by atoms with van der Waals surface area (Å²) >= 11 is 0. The van der Waals surface area contributed by atoms with Crippen LogP contribution in [0.1, 0.15) is 0 Å². The third-order valence-electron chi connectivity index (χ3n) is 2.87. The number of rotatable bonds is 0. The van der Waals surface area contributed by atoms with Gasteiger partial charge in [-0.1, -0.05) is 0 Å². The number of fused-ring (bicyclic) bond motifs is 1. The maximum absolute atomic E-state index is 13.9. The average molecular weight is 188 g/mol. The zero-order valence-corrected chi connectivity index (χ0v) is 7.55. The second kappa shape index (κ2) is 2.83. The number of hydrogen-bond donors (Lipinski definition) is 1. The molecule has 2 fully saturated rings. The minimum atomic E-state index is -1.23. The Morgan fingerprint density at radius 1 is 1.77 bits per heavy atom. The molecule has 0 spiro atoms. The summed E-state index contributed by atoms with van der Waals surface area (Å²) in [5.41, 5.74) is -1.23. The van der Waals surface area contributed by atoms with Crippen molar-refractivity contribution in [2.75, 3.05) is 33.3 Å².